The van der Waals surface area contributed by atoms with Crippen molar-refractivity contribution >= 4 is 22.0 Å². The molecule has 0 saturated heterocycles. The average molecular weight is 243 g/mol. The van der Waals surface area contributed by atoms with Crippen molar-refractivity contribution in [3.05, 3.63) is 34.3 Å². The van der Waals surface area contributed by atoms with E-state index in [-0.39, 0.29) is 6.61 Å². The molecule has 0 atom stereocenters. The highest BCUT2D eigenvalue weighted by atomic mass is 79.9. The number of benzene rings is 1. The highest BCUT2D eigenvalue weighted by molar-refractivity contribution is 9.10. The summed E-state index contributed by atoms with van der Waals surface area (Å²) in [6.45, 7) is 0.0409. The van der Waals surface area contributed by atoms with Crippen LogP contribution in [0.5, 0.6) is 5.75 Å². The van der Waals surface area contributed by atoms with Crippen LogP contribution in [0.15, 0.2) is 28.7 Å². The molecule has 0 radical (unpaired) electrons. The smallest absolute Gasteiger partial charge is 0.127 e. The standard InChI is InChI=1S/C10H11BrO2/c1-13-10-7-9(11)5-4-8(10)3-2-6-12/h2-5,7,12H,6H2,1H3/b3-2+. The Bertz CT molecular complexity index is 308. The van der Waals surface area contributed by atoms with Gasteiger partial charge in [0.25, 0.3) is 0 Å². The minimum absolute atomic E-state index is 0.0409. The van der Waals surface area contributed by atoms with Crippen LogP contribution in [-0.4, -0.2) is 18.8 Å². The van der Waals surface area contributed by atoms with Crippen molar-refractivity contribution in [1.82, 2.24) is 0 Å². The number of methoxy groups -OCH3 is 1. The predicted octanol–water partition coefficient (Wildman–Crippen LogP) is 2.46. The Labute approximate surface area is 86.0 Å². The summed E-state index contributed by atoms with van der Waals surface area (Å²) in [4.78, 5) is 0. The predicted molar refractivity (Wildman–Crippen MR) is 56.8 cm³/mol. The van der Waals surface area contributed by atoms with Crippen molar-refractivity contribution in [2.45, 2.75) is 0 Å². The van der Waals surface area contributed by atoms with Gasteiger partial charge < -0.3 is 9.84 Å². The topological polar surface area (TPSA) is 29.5 Å². The van der Waals surface area contributed by atoms with E-state index in [2.05, 4.69) is 15.9 Å². The van der Waals surface area contributed by atoms with Gasteiger partial charge in [-0.2, -0.15) is 0 Å². The lowest BCUT2D eigenvalue weighted by atomic mass is 10.2. The molecule has 0 aliphatic carbocycles. The van der Waals surface area contributed by atoms with E-state index < -0.39 is 0 Å². The molecule has 1 N–H and O–H groups in total. The van der Waals surface area contributed by atoms with E-state index in [0.717, 1.165) is 15.8 Å². The number of hydrogen-bond acceptors (Lipinski definition) is 2. The first-order valence-electron chi connectivity index (χ1n) is 3.89. The van der Waals surface area contributed by atoms with E-state index in [4.69, 9.17) is 9.84 Å². The maximum atomic E-state index is 8.61. The van der Waals surface area contributed by atoms with Crippen LogP contribution in [0.25, 0.3) is 6.08 Å². The van der Waals surface area contributed by atoms with Gasteiger partial charge in [-0.3, -0.25) is 0 Å². The zero-order chi connectivity index (χ0) is 9.68. The molecule has 0 aliphatic rings. The third-order valence-corrected chi connectivity index (χ3v) is 2.09. The molecule has 0 fully saturated rings. The molecule has 0 unspecified atom stereocenters. The molecule has 2 nitrogen and oxygen atoms in total. The number of hydrogen-bond donors (Lipinski definition) is 1. The summed E-state index contributed by atoms with van der Waals surface area (Å²) in [7, 11) is 1.62. The van der Waals surface area contributed by atoms with E-state index in [1.165, 1.54) is 0 Å². The Morgan fingerprint density at radius 2 is 2.31 bits per heavy atom. The zero-order valence-corrected chi connectivity index (χ0v) is 8.91. The fraction of sp³-hybridized carbons (Fsp3) is 0.200. The lowest BCUT2D eigenvalue weighted by Crippen LogP contribution is -1.86. The Morgan fingerprint density at radius 1 is 1.54 bits per heavy atom. The summed E-state index contributed by atoms with van der Waals surface area (Å²) in [5.74, 6) is 0.791. The van der Waals surface area contributed by atoms with Crippen LogP contribution >= 0.6 is 15.9 Å². The van der Waals surface area contributed by atoms with Gasteiger partial charge in [-0.1, -0.05) is 34.1 Å². The van der Waals surface area contributed by atoms with E-state index in [1.807, 2.05) is 24.3 Å². The second-order valence-electron chi connectivity index (χ2n) is 2.47. The van der Waals surface area contributed by atoms with Gasteiger partial charge in [0.1, 0.15) is 5.75 Å². The van der Waals surface area contributed by atoms with Crippen LogP contribution in [0, 0.1) is 0 Å². The van der Waals surface area contributed by atoms with Crippen LogP contribution < -0.4 is 4.74 Å². The van der Waals surface area contributed by atoms with Crippen LogP contribution in [0.3, 0.4) is 0 Å². The summed E-state index contributed by atoms with van der Waals surface area (Å²) in [6.07, 6.45) is 3.50. The van der Waals surface area contributed by atoms with Crippen molar-refractivity contribution in [3.63, 3.8) is 0 Å². The number of aliphatic hydroxyl groups excluding tert-OH is 1. The first kappa shape index (κ1) is 10.3. The number of halogens is 1. The molecule has 13 heavy (non-hydrogen) atoms. The Morgan fingerprint density at radius 3 is 2.92 bits per heavy atom. The van der Waals surface area contributed by atoms with Crippen LogP contribution in [0.1, 0.15) is 5.56 Å². The van der Waals surface area contributed by atoms with Crippen molar-refractivity contribution in [3.8, 4) is 5.75 Å². The van der Waals surface area contributed by atoms with Crippen molar-refractivity contribution in [2.75, 3.05) is 13.7 Å². The Balaban J connectivity index is 2.99. The number of aliphatic hydroxyl groups is 1. The molecule has 0 spiro atoms. The molecule has 1 rings (SSSR count). The van der Waals surface area contributed by atoms with Gasteiger partial charge in [0, 0.05) is 10.0 Å². The molecule has 0 amide bonds. The lowest BCUT2D eigenvalue weighted by molar-refractivity contribution is 0.343. The molecule has 3 heteroatoms. The van der Waals surface area contributed by atoms with Crippen molar-refractivity contribution in [2.24, 2.45) is 0 Å². The summed E-state index contributed by atoms with van der Waals surface area (Å²) in [5, 5.41) is 8.61. The highest BCUT2D eigenvalue weighted by Gasteiger charge is 1.98. The third-order valence-electron chi connectivity index (χ3n) is 1.60. The molecule has 70 valence electrons. The molecular weight excluding hydrogens is 232 g/mol. The van der Waals surface area contributed by atoms with Gasteiger partial charge >= 0.3 is 0 Å². The van der Waals surface area contributed by atoms with E-state index in [9.17, 15) is 0 Å². The summed E-state index contributed by atoms with van der Waals surface area (Å²) >= 11 is 3.35. The molecule has 0 saturated carbocycles. The van der Waals surface area contributed by atoms with Gasteiger partial charge in [-0.05, 0) is 12.1 Å². The fourth-order valence-electron chi connectivity index (χ4n) is 1.00. The maximum absolute atomic E-state index is 8.61. The summed E-state index contributed by atoms with van der Waals surface area (Å²) in [6, 6.07) is 5.74. The van der Waals surface area contributed by atoms with Crippen molar-refractivity contribution < 1.29 is 9.84 Å². The van der Waals surface area contributed by atoms with Gasteiger partial charge in [0.15, 0.2) is 0 Å². The van der Waals surface area contributed by atoms with Crippen LogP contribution in [-0.2, 0) is 0 Å². The summed E-state index contributed by atoms with van der Waals surface area (Å²) < 4.78 is 6.14. The van der Waals surface area contributed by atoms with E-state index in [0.29, 0.717) is 0 Å². The fourth-order valence-corrected chi connectivity index (χ4v) is 1.34. The minimum Gasteiger partial charge on any atom is -0.496 e. The first-order chi connectivity index (χ1) is 6.27. The van der Waals surface area contributed by atoms with Crippen molar-refractivity contribution in [1.29, 1.82) is 0 Å². The second kappa shape index (κ2) is 5.04. The lowest BCUT2D eigenvalue weighted by Gasteiger charge is -2.04. The van der Waals surface area contributed by atoms with Gasteiger partial charge in [-0.25, -0.2) is 0 Å². The van der Waals surface area contributed by atoms with E-state index >= 15 is 0 Å². The Kier molecular flexibility index (Phi) is 3.99. The number of ether oxygens (including phenoxy) is 1. The second-order valence-corrected chi connectivity index (χ2v) is 3.39. The zero-order valence-electron chi connectivity index (χ0n) is 7.33. The third kappa shape index (κ3) is 2.86. The molecule has 0 heterocycles. The largest absolute Gasteiger partial charge is 0.496 e. The molecular formula is C10H11BrO2. The SMILES string of the molecule is COc1cc(Br)ccc1/C=C/CO. The summed E-state index contributed by atoms with van der Waals surface area (Å²) in [5.41, 5.74) is 0.958. The number of rotatable bonds is 3. The van der Waals surface area contributed by atoms with Gasteiger partial charge in [0.05, 0.1) is 13.7 Å². The molecule has 1 aromatic rings. The molecule has 0 aromatic heterocycles. The van der Waals surface area contributed by atoms with Crippen LogP contribution in [0.4, 0.5) is 0 Å². The minimum atomic E-state index is 0.0409. The monoisotopic (exact) mass is 242 g/mol. The average Bonchev–Trinajstić information content (AvgIpc) is 2.16. The Hall–Kier alpha value is -0.800. The first-order valence-corrected chi connectivity index (χ1v) is 4.68. The molecule has 0 aliphatic heterocycles. The van der Waals surface area contributed by atoms with Gasteiger partial charge in [-0.15, -0.1) is 0 Å². The maximum Gasteiger partial charge on any atom is 0.127 e. The molecule has 1 aromatic carbocycles. The quantitative estimate of drug-likeness (QED) is 0.883. The normalized spacial score (nSPS) is 10.7. The highest BCUT2D eigenvalue weighted by Crippen LogP contribution is 2.24. The van der Waals surface area contributed by atoms with Crippen LogP contribution in [0.2, 0.25) is 0 Å². The van der Waals surface area contributed by atoms with Gasteiger partial charge in [0.2, 0.25) is 0 Å². The van der Waals surface area contributed by atoms with E-state index in [1.54, 1.807) is 13.2 Å². The molecule has 0 bridgehead atoms.